The molecule has 2 heterocycles. The maximum absolute atomic E-state index is 12.7. The number of hydrogen-bond acceptors (Lipinski definition) is 4. The number of hydrogen-bond donors (Lipinski definition) is 2. The van der Waals surface area contributed by atoms with Crippen LogP contribution in [0.5, 0.6) is 0 Å². The van der Waals surface area contributed by atoms with E-state index in [9.17, 15) is 9.59 Å². The standard InChI is InChI=1S/C23H28N4O3/c28-22-21(10-11-27(22)20-8-2-1-3-9-20)25-23(29)24-16-18-6-4-5-7-19(18)17-26-12-14-30-15-13-26/h1-9,21H,10-17H2,(H2,24,25,29). The molecule has 2 fully saturated rings. The summed E-state index contributed by atoms with van der Waals surface area (Å²) in [7, 11) is 0. The Labute approximate surface area is 177 Å². The number of morpholine rings is 1. The number of anilines is 1. The van der Waals surface area contributed by atoms with E-state index in [0.717, 1.165) is 44.1 Å². The van der Waals surface area contributed by atoms with Crippen molar-refractivity contribution in [3.8, 4) is 0 Å². The van der Waals surface area contributed by atoms with Gasteiger partial charge in [-0.2, -0.15) is 0 Å². The van der Waals surface area contributed by atoms with Crippen LogP contribution in [0.1, 0.15) is 17.5 Å². The molecule has 0 radical (unpaired) electrons. The Kier molecular flexibility index (Phi) is 6.61. The number of para-hydroxylation sites is 1. The number of ether oxygens (including phenoxy) is 1. The predicted octanol–water partition coefficient (Wildman–Crippen LogP) is 2.12. The fraction of sp³-hybridized carbons (Fsp3) is 0.391. The van der Waals surface area contributed by atoms with Gasteiger partial charge in [-0.25, -0.2) is 4.79 Å². The third kappa shape index (κ3) is 4.98. The van der Waals surface area contributed by atoms with Crippen LogP contribution in [0.4, 0.5) is 10.5 Å². The Bertz CT molecular complexity index is 868. The monoisotopic (exact) mass is 408 g/mol. The molecule has 7 heteroatoms. The average molecular weight is 409 g/mol. The second kappa shape index (κ2) is 9.73. The topological polar surface area (TPSA) is 73.9 Å². The number of nitrogens with zero attached hydrogens (tertiary/aromatic N) is 2. The van der Waals surface area contributed by atoms with Gasteiger partial charge in [0.1, 0.15) is 6.04 Å². The number of benzene rings is 2. The first-order chi connectivity index (χ1) is 14.7. The SMILES string of the molecule is O=C(NCc1ccccc1CN1CCOCC1)NC1CCN(c2ccccc2)C1=O. The molecular weight excluding hydrogens is 380 g/mol. The van der Waals surface area contributed by atoms with E-state index in [1.807, 2.05) is 48.5 Å². The van der Waals surface area contributed by atoms with E-state index < -0.39 is 6.04 Å². The minimum atomic E-state index is -0.492. The van der Waals surface area contributed by atoms with E-state index in [1.165, 1.54) is 5.56 Å². The fourth-order valence-corrected chi connectivity index (χ4v) is 3.95. The number of urea groups is 1. The Morgan fingerprint density at radius 1 is 0.967 bits per heavy atom. The predicted molar refractivity (Wildman–Crippen MR) is 115 cm³/mol. The Hall–Kier alpha value is -2.90. The molecule has 1 atom stereocenters. The Morgan fingerprint density at radius 2 is 1.67 bits per heavy atom. The van der Waals surface area contributed by atoms with Gasteiger partial charge in [0.15, 0.2) is 0 Å². The first-order valence-electron chi connectivity index (χ1n) is 10.5. The van der Waals surface area contributed by atoms with Crippen LogP contribution in [0, 0.1) is 0 Å². The highest BCUT2D eigenvalue weighted by atomic mass is 16.5. The molecule has 3 amide bonds. The van der Waals surface area contributed by atoms with Gasteiger partial charge in [0.2, 0.25) is 5.91 Å². The van der Waals surface area contributed by atoms with Gasteiger partial charge in [0, 0.05) is 38.4 Å². The lowest BCUT2D eigenvalue weighted by molar-refractivity contribution is -0.118. The average Bonchev–Trinajstić information content (AvgIpc) is 3.14. The summed E-state index contributed by atoms with van der Waals surface area (Å²) < 4.78 is 5.42. The van der Waals surface area contributed by atoms with E-state index in [2.05, 4.69) is 21.6 Å². The third-order valence-electron chi connectivity index (χ3n) is 5.63. The molecule has 2 aromatic carbocycles. The molecule has 0 bridgehead atoms. The number of nitrogens with one attached hydrogen (secondary N) is 2. The number of carbonyl (C=O) groups excluding carboxylic acids is 2. The maximum atomic E-state index is 12.7. The van der Waals surface area contributed by atoms with Gasteiger partial charge >= 0.3 is 6.03 Å². The van der Waals surface area contributed by atoms with Gasteiger partial charge < -0.3 is 20.3 Å². The van der Waals surface area contributed by atoms with Crippen LogP contribution < -0.4 is 15.5 Å². The van der Waals surface area contributed by atoms with Gasteiger partial charge in [-0.05, 0) is 29.7 Å². The van der Waals surface area contributed by atoms with Crippen LogP contribution in [0.25, 0.3) is 0 Å². The molecule has 30 heavy (non-hydrogen) atoms. The van der Waals surface area contributed by atoms with E-state index >= 15 is 0 Å². The molecule has 0 spiro atoms. The van der Waals surface area contributed by atoms with E-state index in [-0.39, 0.29) is 11.9 Å². The minimum absolute atomic E-state index is 0.0657. The highest BCUT2D eigenvalue weighted by molar-refractivity contribution is 6.01. The molecule has 2 N–H and O–H groups in total. The smallest absolute Gasteiger partial charge is 0.315 e. The first kappa shape index (κ1) is 20.4. The molecule has 2 aromatic rings. The Morgan fingerprint density at radius 3 is 2.43 bits per heavy atom. The lowest BCUT2D eigenvalue weighted by atomic mass is 10.1. The molecule has 0 aliphatic carbocycles. The summed E-state index contributed by atoms with van der Waals surface area (Å²) in [6.45, 7) is 5.24. The molecule has 0 saturated carbocycles. The van der Waals surface area contributed by atoms with Crippen LogP contribution in [-0.2, 0) is 22.6 Å². The highest BCUT2D eigenvalue weighted by Gasteiger charge is 2.33. The largest absolute Gasteiger partial charge is 0.379 e. The maximum Gasteiger partial charge on any atom is 0.315 e. The van der Waals surface area contributed by atoms with Crippen molar-refractivity contribution in [2.45, 2.75) is 25.6 Å². The lowest BCUT2D eigenvalue weighted by Gasteiger charge is -2.27. The van der Waals surface area contributed by atoms with Crippen LogP contribution >= 0.6 is 0 Å². The summed E-state index contributed by atoms with van der Waals surface area (Å²) in [5, 5.41) is 5.75. The van der Waals surface area contributed by atoms with Crippen LogP contribution in [0.3, 0.4) is 0 Å². The van der Waals surface area contributed by atoms with E-state index in [0.29, 0.717) is 19.5 Å². The number of carbonyl (C=O) groups is 2. The van der Waals surface area contributed by atoms with Gasteiger partial charge in [0.25, 0.3) is 0 Å². The summed E-state index contributed by atoms with van der Waals surface area (Å²) in [5.74, 6) is -0.0657. The first-order valence-corrected chi connectivity index (χ1v) is 10.5. The minimum Gasteiger partial charge on any atom is -0.379 e. The van der Waals surface area contributed by atoms with Crippen molar-refractivity contribution >= 4 is 17.6 Å². The molecule has 2 saturated heterocycles. The number of rotatable bonds is 6. The van der Waals surface area contributed by atoms with E-state index in [1.54, 1.807) is 4.90 Å². The van der Waals surface area contributed by atoms with Crippen molar-refractivity contribution in [2.75, 3.05) is 37.7 Å². The molecule has 2 aliphatic heterocycles. The molecule has 158 valence electrons. The van der Waals surface area contributed by atoms with Crippen molar-refractivity contribution < 1.29 is 14.3 Å². The van der Waals surface area contributed by atoms with Crippen LogP contribution in [0.15, 0.2) is 54.6 Å². The molecule has 7 nitrogen and oxygen atoms in total. The zero-order chi connectivity index (χ0) is 20.8. The van der Waals surface area contributed by atoms with Gasteiger partial charge in [0.05, 0.1) is 13.2 Å². The summed E-state index contributed by atoms with van der Waals surface area (Å²) in [6, 6.07) is 16.9. The van der Waals surface area contributed by atoms with Crippen molar-refractivity contribution in [1.29, 1.82) is 0 Å². The second-order valence-electron chi connectivity index (χ2n) is 7.65. The zero-order valence-corrected chi connectivity index (χ0v) is 17.0. The summed E-state index contributed by atoms with van der Waals surface area (Å²) in [5.41, 5.74) is 3.15. The third-order valence-corrected chi connectivity index (χ3v) is 5.63. The summed E-state index contributed by atoms with van der Waals surface area (Å²) in [6.07, 6.45) is 0.606. The molecule has 4 rings (SSSR count). The fourth-order valence-electron chi connectivity index (χ4n) is 3.95. The van der Waals surface area contributed by atoms with Gasteiger partial charge in [-0.15, -0.1) is 0 Å². The Balaban J connectivity index is 1.30. The summed E-state index contributed by atoms with van der Waals surface area (Å²) >= 11 is 0. The van der Waals surface area contributed by atoms with Gasteiger partial charge in [-0.1, -0.05) is 42.5 Å². The van der Waals surface area contributed by atoms with E-state index in [4.69, 9.17) is 4.74 Å². The van der Waals surface area contributed by atoms with Crippen molar-refractivity contribution in [1.82, 2.24) is 15.5 Å². The second-order valence-corrected chi connectivity index (χ2v) is 7.65. The number of amides is 3. The van der Waals surface area contributed by atoms with Crippen molar-refractivity contribution in [3.63, 3.8) is 0 Å². The van der Waals surface area contributed by atoms with Gasteiger partial charge in [-0.3, -0.25) is 9.69 Å². The quantitative estimate of drug-likeness (QED) is 0.768. The van der Waals surface area contributed by atoms with Crippen LogP contribution in [0.2, 0.25) is 0 Å². The van der Waals surface area contributed by atoms with Crippen LogP contribution in [-0.4, -0.2) is 55.7 Å². The molecule has 1 unspecified atom stereocenters. The highest BCUT2D eigenvalue weighted by Crippen LogP contribution is 2.21. The zero-order valence-electron chi connectivity index (χ0n) is 17.0. The molecular formula is C23H28N4O3. The molecule has 0 aromatic heterocycles. The lowest BCUT2D eigenvalue weighted by Crippen LogP contribution is -2.46. The van der Waals surface area contributed by atoms with Crippen molar-refractivity contribution in [3.05, 3.63) is 65.7 Å². The summed E-state index contributed by atoms with van der Waals surface area (Å²) in [4.78, 5) is 29.2. The molecule has 2 aliphatic rings. The normalized spacial score (nSPS) is 19.7. The van der Waals surface area contributed by atoms with Crippen molar-refractivity contribution in [2.24, 2.45) is 0 Å².